The lowest BCUT2D eigenvalue weighted by atomic mass is 10.2. The van der Waals surface area contributed by atoms with Gasteiger partial charge in [-0.1, -0.05) is 20.3 Å². The standard InChI is InChI=1S/C16H24O4/c1-4-7-15(16(17)18-6-3)20-14-10-8-13(9-11-14)19-12-5-2/h8-11,15H,4-7,12H2,1-3H3. The predicted molar refractivity (Wildman–Crippen MR) is 78.2 cm³/mol. The van der Waals surface area contributed by atoms with Crippen LogP contribution < -0.4 is 9.47 Å². The molecule has 0 N–H and O–H groups in total. The molecule has 4 heteroatoms. The molecule has 1 aromatic rings. The first-order chi connectivity index (χ1) is 9.71. The molecule has 0 bridgehead atoms. The van der Waals surface area contributed by atoms with Crippen molar-refractivity contribution in [1.82, 2.24) is 0 Å². The summed E-state index contributed by atoms with van der Waals surface area (Å²) < 4.78 is 16.2. The Morgan fingerprint density at radius 1 is 1.05 bits per heavy atom. The number of esters is 1. The number of benzene rings is 1. The number of carbonyl (C=O) groups excluding carboxylic acids is 1. The van der Waals surface area contributed by atoms with Gasteiger partial charge in [-0.05, 0) is 44.0 Å². The Kier molecular flexibility index (Phi) is 7.55. The summed E-state index contributed by atoms with van der Waals surface area (Å²) in [5.41, 5.74) is 0. The number of hydrogen-bond donors (Lipinski definition) is 0. The van der Waals surface area contributed by atoms with E-state index in [2.05, 4.69) is 6.92 Å². The molecule has 0 fully saturated rings. The molecule has 0 amide bonds. The molecule has 0 heterocycles. The molecule has 20 heavy (non-hydrogen) atoms. The topological polar surface area (TPSA) is 44.8 Å². The van der Waals surface area contributed by atoms with Gasteiger partial charge in [-0.3, -0.25) is 0 Å². The fourth-order valence-corrected chi connectivity index (χ4v) is 1.72. The van der Waals surface area contributed by atoms with Gasteiger partial charge in [0.1, 0.15) is 11.5 Å². The predicted octanol–water partition coefficient (Wildman–Crippen LogP) is 3.59. The van der Waals surface area contributed by atoms with Gasteiger partial charge in [-0.2, -0.15) is 0 Å². The summed E-state index contributed by atoms with van der Waals surface area (Å²) in [7, 11) is 0. The van der Waals surface area contributed by atoms with Crippen molar-refractivity contribution < 1.29 is 19.0 Å². The lowest BCUT2D eigenvalue weighted by molar-refractivity contribution is -0.151. The fourth-order valence-electron chi connectivity index (χ4n) is 1.72. The molecule has 0 aliphatic heterocycles. The third-order valence-corrected chi connectivity index (χ3v) is 2.68. The van der Waals surface area contributed by atoms with Crippen LogP contribution in [0.3, 0.4) is 0 Å². The van der Waals surface area contributed by atoms with Gasteiger partial charge < -0.3 is 14.2 Å². The molecule has 4 nitrogen and oxygen atoms in total. The maximum absolute atomic E-state index is 11.8. The smallest absolute Gasteiger partial charge is 0.347 e. The highest BCUT2D eigenvalue weighted by Crippen LogP contribution is 2.20. The molecular formula is C16H24O4. The van der Waals surface area contributed by atoms with Crippen molar-refractivity contribution in [3.63, 3.8) is 0 Å². The summed E-state index contributed by atoms with van der Waals surface area (Å²) >= 11 is 0. The average Bonchev–Trinajstić information content (AvgIpc) is 2.46. The number of hydrogen-bond acceptors (Lipinski definition) is 4. The second kappa shape index (κ2) is 9.23. The van der Waals surface area contributed by atoms with Gasteiger partial charge in [-0.15, -0.1) is 0 Å². The van der Waals surface area contributed by atoms with Crippen LogP contribution in [-0.4, -0.2) is 25.3 Å². The average molecular weight is 280 g/mol. The Bertz CT molecular complexity index is 386. The van der Waals surface area contributed by atoms with E-state index in [4.69, 9.17) is 14.2 Å². The van der Waals surface area contributed by atoms with Crippen LogP contribution in [0, 0.1) is 0 Å². The highest BCUT2D eigenvalue weighted by atomic mass is 16.6. The molecule has 1 atom stereocenters. The van der Waals surface area contributed by atoms with Crippen LogP contribution in [0.5, 0.6) is 11.5 Å². The maximum Gasteiger partial charge on any atom is 0.347 e. The van der Waals surface area contributed by atoms with E-state index in [-0.39, 0.29) is 5.97 Å². The molecule has 1 aromatic carbocycles. The molecule has 0 radical (unpaired) electrons. The molecule has 0 saturated carbocycles. The number of rotatable bonds is 9. The lowest BCUT2D eigenvalue weighted by Crippen LogP contribution is -2.29. The van der Waals surface area contributed by atoms with E-state index in [9.17, 15) is 4.79 Å². The van der Waals surface area contributed by atoms with Crippen molar-refractivity contribution >= 4 is 5.97 Å². The number of carbonyl (C=O) groups is 1. The summed E-state index contributed by atoms with van der Waals surface area (Å²) in [6.07, 6.45) is 1.94. The Labute approximate surface area is 121 Å². The molecule has 0 aliphatic carbocycles. The monoisotopic (exact) mass is 280 g/mol. The molecule has 1 unspecified atom stereocenters. The van der Waals surface area contributed by atoms with Gasteiger partial charge >= 0.3 is 5.97 Å². The zero-order valence-corrected chi connectivity index (χ0v) is 12.6. The van der Waals surface area contributed by atoms with E-state index in [0.717, 1.165) is 18.6 Å². The van der Waals surface area contributed by atoms with Gasteiger partial charge in [0.25, 0.3) is 0 Å². The Hall–Kier alpha value is -1.71. The van der Waals surface area contributed by atoms with Crippen molar-refractivity contribution in [3.8, 4) is 11.5 Å². The van der Waals surface area contributed by atoms with Gasteiger partial charge in [0.05, 0.1) is 13.2 Å². The van der Waals surface area contributed by atoms with E-state index >= 15 is 0 Å². The fraction of sp³-hybridized carbons (Fsp3) is 0.562. The third-order valence-electron chi connectivity index (χ3n) is 2.68. The molecule has 0 aromatic heterocycles. The molecule has 1 rings (SSSR count). The molecule has 0 spiro atoms. The van der Waals surface area contributed by atoms with E-state index in [1.54, 1.807) is 6.92 Å². The first kappa shape index (κ1) is 16.3. The van der Waals surface area contributed by atoms with Crippen LogP contribution in [0.4, 0.5) is 0 Å². The number of ether oxygens (including phenoxy) is 3. The Balaban J connectivity index is 2.61. The largest absolute Gasteiger partial charge is 0.494 e. The van der Waals surface area contributed by atoms with Crippen LogP contribution >= 0.6 is 0 Å². The van der Waals surface area contributed by atoms with Crippen LogP contribution in [0.1, 0.15) is 40.0 Å². The lowest BCUT2D eigenvalue weighted by Gasteiger charge is -2.17. The summed E-state index contributed by atoms with van der Waals surface area (Å²) in [5, 5.41) is 0. The van der Waals surface area contributed by atoms with E-state index in [0.29, 0.717) is 25.4 Å². The minimum Gasteiger partial charge on any atom is -0.494 e. The Morgan fingerprint density at radius 3 is 2.25 bits per heavy atom. The molecular weight excluding hydrogens is 256 g/mol. The van der Waals surface area contributed by atoms with Gasteiger partial charge in [-0.25, -0.2) is 4.79 Å². The first-order valence-electron chi connectivity index (χ1n) is 7.27. The maximum atomic E-state index is 11.8. The van der Waals surface area contributed by atoms with Crippen LogP contribution in [0.15, 0.2) is 24.3 Å². The summed E-state index contributed by atoms with van der Waals surface area (Å²) in [6.45, 7) is 6.93. The normalized spacial score (nSPS) is 11.8. The van der Waals surface area contributed by atoms with Crippen LogP contribution in [0.2, 0.25) is 0 Å². The van der Waals surface area contributed by atoms with E-state index < -0.39 is 6.10 Å². The zero-order chi connectivity index (χ0) is 14.8. The van der Waals surface area contributed by atoms with Crippen molar-refractivity contribution in [2.45, 2.75) is 46.1 Å². The summed E-state index contributed by atoms with van der Waals surface area (Å²) in [5.74, 6) is 1.16. The van der Waals surface area contributed by atoms with Gasteiger partial charge in [0, 0.05) is 0 Å². The minimum absolute atomic E-state index is 0.305. The minimum atomic E-state index is -0.539. The van der Waals surface area contributed by atoms with E-state index in [1.165, 1.54) is 0 Å². The van der Waals surface area contributed by atoms with E-state index in [1.807, 2.05) is 31.2 Å². The zero-order valence-electron chi connectivity index (χ0n) is 12.6. The quantitative estimate of drug-likeness (QED) is 0.648. The van der Waals surface area contributed by atoms with Crippen molar-refractivity contribution in [2.75, 3.05) is 13.2 Å². The third kappa shape index (κ3) is 5.51. The van der Waals surface area contributed by atoms with Crippen molar-refractivity contribution in [1.29, 1.82) is 0 Å². The summed E-state index contributed by atoms with van der Waals surface area (Å²) in [4.78, 5) is 11.8. The second-order valence-electron chi connectivity index (χ2n) is 4.47. The van der Waals surface area contributed by atoms with Crippen molar-refractivity contribution in [2.24, 2.45) is 0 Å². The molecule has 0 saturated heterocycles. The Morgan fingerprint density at radius 2 is 1.70 bits per heavy atom. The highest BCUT2D eigenvalue weighted by molar-refractivity contribution is 5.75. The van der Waals surface area contributed by atoms with Gasteiger partial charge in [0.15, 0.2) is 6.10 Å². The first-order valence-corrected chi connectivity index (χ1v) is 7.27. The SMILES string of the molecule is CCCOc1ccc(OC(CCC)C(=O)OCC)cc1. The van der Waals surface area contributed by atoms with Gasteiger partial charge in [0.2, 0.25) is 0 Å². The van der Waals surface area contributed by atoms with Crippen LogP contribution in [-0.2, 0) is 9.53 Å². The second-order valence-corrected chi connectivity index (χ2v) is 4.47. The molecule has 112 valence electrons. The van der Waals surface area contributed by atoms with Crippen LogP contribution in [0.25, 0.3) is 0 Å². The highest BCUT2D eigenvalue weighted by Gasteiger charge is 2.20. The molecule has 0 aliphatic rings. The summed E-state index contributed by atoms with van der Waals surface area (Å²) in [6, 6.07) is 7.32. The van der Waals surface area contributed by atoms with Crippen molar-refractivity contribution in [3.05, 3.63) is 24.3 Å².